The zero-order valence-electron chi connectivity index (χ0n) is 11.5. The third-order valence-electron chi connectivity index (χ3n) is 3.15. The first-order valence-corrected chi connectivity index (χ1v) is 7.48. The van der Waals surface area contributed by atoms with E-state index >= 15 is 0 Å². The van der Waals surface area contributed by atoms with Crippen LogP contribution in [0.3, 0.4) is 0 Å². The molecule has 7 heteroatoms. The van der Waals surface area contributed by atoms with E-state index in [0.717, 1.165) is 0 Å². The molecular formula is C14H15FN2O3S. The van der Waals surface area contributed by atoms with Crippen molar-refractivity contribution < 1.29 is 18.8 Å². The van der Waals surface area contributed by atoms with Crippen molar-refractivity contribution in [2.24, 2.45) is 0 Å². The Kier molecular flexibility index (Phi) is 4.95. The lowest BCUT2D eigenvalue weighted by Gasteiger charge is -2.31. The molecule has 1 aromatic carbocycles. The maximum atomic E-state index is 13.4. The maximum absolute atomic E-state index is 13.4. The van der Waals surface area contributed by atoms with E-state index in [1.807, 2.05) is 0 Å². The van der Waals surface area contributed by atoms with E-state index in [2.05, 4.69) is 5.32 Å². The highest BCUT2D eigenvalue weighted by atomic mass is 32.2. The average molecular weight is 310 g/mol. The number of nitrogens with one attached hydrogen (secondary N) is 1. The first-order valence-electron chi connectivity index (χ1n) is 6.49. The van der Waals surface area contributed by atoms with E-state index in [0.29, 0.717) is 10.6 Å². The van der Waals surface area contributed by atoms with Crippen LogP contribution in [0.4, 0.5) is 4.39 Å². The normalized spacial score (nSPS) is 18.6. The van der Waals surface area contributed by atoms with E-state index in [4.69, 9.17) is 0 Å². The van der Waals surface area contributed by atoms with Gasteiger partial charge in [-0.15, -0.1) is 11.8 Å². The zero-order valence-corrected chi connectivity index (χ0v) is 12.3. The standard InChI is InChI=1S/C14H15FN2O3S/c1-9-14(20)16-12(18)8-17(9)13(19)6-7-21-11-5-3-2-4-10(11)15/h2-5,9H,6-8H2,1H3,(H,16,18,20). The summed E-state index contributed by atoms with van der Waals surface area (Å²) in [5, 5.41) is 2.18. The Balaban J connectivity index is 1.88. The van der Waals surface area contributed by atoms with Gasteiger partial charge in [-0.25, -0.2) is 4.39 Å². The topological polar surface area (TPSA) is 66.5 Å². The van der Waals surface area contributed by atoms with Crippen LogP contribution in [0.5, 0.6) is 0 Å². The average Bonchev–Trinajstić information content (AvgIpc) is 2.44. The van der Waals surface area contributed by atoms with Gasteiger partial charge >= 0.3 is 0 Å². The summed E-state index contributed by atoms with van der Waals surface area (Å²) >= 11 is 1.23. The molecule has 1 heterocycles. The zero-order chi connectivity index (χ0) is 15.4. The van der Waals surface area contributed by atoms with Crippen LogP contribution >= 0.6 is 11.8 Å². The van der Waals surface area contributed by atoms with Gasteiger partial charge in [0.1, 0.15) is 18.4 Å². The summed E-state index contributed by atoms with van der Waals surface area (Å²) in [5.41, 5.74) is 0. The van der Waals surface area contributed by atoms with Crippen molar-refractivity contribution in [2.75, 3.05) is 12.3 Å². The number of piperazine rings is 1. The number of thioether (sulfide) groups is 1. The van der Waals surface area contributed by atoms with Crippen molar-refractivity contribution in [3.05, 3.63) is 30.1 Å². The van der Waals surface area contributed by atoms with Gasteiger partial charge in [0.2, 0.25) is 17.7 Å². The first-order chi connectivity index (χ1) is 9.99. The van der Waals surface area contributed by atoms with Gasteiger partial charge in [-0.05, 0) is 19.1 Å². The number of carbonyl (C=O) groups excluding carboxylic acids is 3. The second-order valence-electron chi connectivity index (χ2n) is 4.64. The third-order valence-corrected chi connectivity index (χ3v) is 4.20. The van der Waals surface area contributed by atoms with Crippen molar-refractivity contribution in [2.45, 2.75) is 24.3 Å². The minimum atomic E-state index is -0.659. The van der Waals surface area contributed by atoms with Crippen LogP contribution in [0.2, 0.25) is 0 Å². The number of hydrogen-bond donors (Lipinski definition) is 1. The summed E-state index contributed by atoms with van der Waals surface area (Å²) in [4.78, 5) is 36.6. The summed E-state index contributed by atoms with van der Waals surface area (Å²) in [6.07, 6.45) is 0.143. The minimum Gasteiger partial charge on any atom is -0.322 e. The summed E-state index contributed by atoms with van der Waals surface area (Å²) in [7, 11) is 0. The van der Waals surface area contributed by atoms with Crippen LogP contribution in [-0.4, -0.2) is 41.0 Å². The Hall–Kier alpha value is -1.89. The predicted molar refractivity (Wildman–Crippen MR) is 76.1 cm³/mol. The molecule has 0 radical (unpaired) electrons. The van der Waals surface area contributed by atoms with Gasteiger partial charge in [0.25, 0.3) is 0 Å². The van der Waals surface area contributed by atoms with Gasteiger partial charge < -0.3 is 4.90 Å². The van der Waals surface area contributed by atoms with Gasteiger partial charge in [-0.1, -0.05) is 12.1 Å². The molecule has 2 rings (SSSR count). The van der Waals surface area contributed by atoms with E-state index in [9.17, 15) is 18.8 Å². The maximum Gasteiger partial charge on any atom is 0.249 e. The third kappa shape index (κ3) is 3.81. The van der Waals surface area contributed by atoms with Crippen molar-refractivity contribution in [3.8, 4) is 0 Å². The van der Waals surface area contributed by atoms with Crippen LogP contribution in [0.1, 0.15) is 13.3 Å². The van der Waals surface area contributed by atoms with Crippen LogP contribution < -0.4 is 5.32 Å². The summed E-state index contributed by atoms with van der Waals surface area (Å²) in [6, 6.07) is 5.67. The number of amides is 3. The lowest BCUT2D eigenvalue weighted by atomic mass is 10.2. The minimum absolute atomic E-state index is 0.115. The largest absolute Gasteiger partial charge is 0.322 e. The number of benzene rings is 1. The predicted octanol–water partition coefficient (Wildman–Crippen LogP) is 1.18. The Morgan fingerprint density at radius 3 is 2.86 bits per heavy atom. The highest BCUT2D eigenvalue weighted by Crippen LogP contribution is 2.22. The second-order valence-corrected chi connectivity index (χ2v) is 5.78. The number of halogens is 1. The molecule has 0 spiro atoms. The van der Waals surface area contributed by atoms with Gasteiger partial charge in [0.15, 0.2) is 0 Å². The fourth-order valence-electron chi connectivity index (χ4n) is 1.97. The number of carbonyl (C=O) groups is 3. The molecule has 1 saturated heterocycles. The lowest BCUT2D eigenvalue weighted by molar-refractivity contribution is -0.149. The van der Waals surface area contributed by atoms with E-state index in [1.54, 1.807) is 25.1 Å². The summed E-state index contributed by atoms with van der Waals surface area (Å²) < 4.78 is 13.4. The highest BCUT2D eigenvalue weighted by Gasteiger charge is 2.32. The van der Waals surface area contributed by atoms with Crippen LogP contribution in [0, 0.1) is 5.82 Å². The summed E-state index contributed by atoms with van der Waals surface area (Å²) in [5.74, 6) is -1.17. The number of hydrogen-bond acceptors (Lipinski definition) is 4. The van der Waals surface area contributed by atoms with E-state index < -0.39 is 17.9 Å². The SMILES string of the molecule is CC1C(=O)NC(=O)CN1C(=O)CCSc1ccccc1F. The molecule has 1 aliphatic rings. The molecule has 0 aliphatic carbocycles. The van der Waals surface area contributed by atoms with Gasteiger partial charge in [0.05, 0.1) is 0 Å². The highest BCUT2D eigenvalue weighted by molar-refractivity contribution is 7.99. The summed E-state index contributed by atoms with van der Waals surface area (Å²) in [6.45, 7) is 1.46. The van der Waals surface area contributed by atoms with Gasteiger partial charge in [-0.3, -0.25) is 19.7 Å². The molecular weight excluding hydrogens is 295 g/mol. The molecule has 1 atom stereocenters. The van der Waals surface area contributed by atoms with Crippen molar-refractivity contribution in [1.82, 2.24) is 10.2 Å². The smallest absolute Gasteiger partial charge is 0.249 e. The monoisotopic (exact) mass is 310 g/mol. The molecule has 1 fully saturated rings. The molecule has 1 unspecified atom stereocenters. The lowest BCUT2D eigenvalue weighted by Crippen LogP contribution is -2.58. The number of imide groups is 1. The van der Waals surface area contributed by atoms with Crippen LogP contribution in [0.15, 0.2) is 29.2 Å². The molecule has 112 valence electrons. The molecule has 1 N–H and O–H groups in total. The Morgan fingerprint density at radius 2 is 2.14 bits per heavy atom. The quantitative estimate of drug-likeness (QED) is 0.670. The fourth-order valence-corrected chi connectivity index (χ4v) is 2.85. The molecule has 21 heavy (non-hydrogen) atoms. The number of rotatable bonds is 4. The Labute approximate surface area is 125 Å². The van der Waals surface area contributed by atoms with Gasteiger partial charge in [-0.2, -0.15) is 0 Å². The fraction of sp³-hybridized carbons (Fsp3) is 0.357. The van der Waals surface area contributed by atoms with E-state index in [1.165, 1.54) is 22.7 Å². The molecule has 0 aromatic heterocycles. The van der Waals surface area contributed by atoms with Crippen molar-refractivity contribution in [1.29, 1.82) is 0 Å². The Bertz CT molecular complexity index is 579. The van der Waals surface area contributed by atoms with Crippen LogP contribution in [0.25, 0.3) is 0 Å². The molecule has 0 saturated carbocycles. The Morgan fingerprint density at radius 1 is 1.43 bits per heavy atom. The van der Waals surface area contributed by atoms with Crippen molar-refractivity contribution in [3.63, 3.8) is 0 Å². The van der Waals surface area contributed by atoms with Crippen LogP contribution in [-0.2, 0) is 14.4 Å². The molecule has 5 nitrogen and oxygen atoms in total. The number of nitrogens with zero attached hydrogens (tertiary/aromatic N) is 1. The molecule has 0 bridgehead atoms. The molecule has 1 aromatic rings. The molecule has 1 aliphatic heterocycles. The second kappa shape index (κ2) is 6.71. The van der Waals surface area contributed by atoms with Gasteiger partial charge in [0, 0.05) is 17.1 Å². The van der Waals surface area contributed by atoms with E-state index in [-0.39, 0.29) is 24.7 Å². The first kappa shape index (κ1) is 15.5. The molecule has 3 amide bonds. The van der Waals surface area contributed by atoms with Crippen molar-refractivity contribution >= 4 is 29.5 Å².